The number of fused-ring (bicyclic) bond motifs is 1. The molecule has 186 valence electrons. The zero-order chi connectivity index (χ0) is 24.6. The van der Waals surface area contributed by atoms with Crippen molar-refractivity contribution in [3.8, 4) is 0 Å². The zero-order valence-electron chi connectivity index (χ0n) is 20.6. The number of anilines is 1. The summed E-state index contributed by atoms with van der Waals surface area (Å²) in [5.41, 5.74) is 2.72. The van der Waals surface area contributed by atoms with E-state index in [2.05, 4.69) is 32.2 Å². The quantitative estimate of drug-likeness (QED) is 0.136. The summed E-state index contributed by atoms with van der Waals surface area (Å²) in [6, 6.07) is 3.85. The van der Waals surface area contributed by atoms with Crippen LogP contribution in [0, 0.1) is 12.8 Å². The number of hydrogen-bond donors (Lipinski definition) is 2. The molecule has 2 N–H and O–H groups in total. The minimum Gasteiger partial charge on any atom is -0.385 e. The van der Waals surface area contributed by atoms with Crippen LogP contribution < -0.4 is 15.5 Å². The minimum absolute atomic E-state index is 0.0527. The highest BCUT2D eigenvalue weighted by atomic mass is 16.2. The molecule has 1 saturated heterocycles. The fraction of sp³-hybridized carbons (Fsp3) is 0.481. The van der Waals surface area contributed by atoms with E-state index in [0.717, 1.165) is 42.4 Å². The van der Waals surface area contributed by atoms with Crippen LogP contribution in [0.4, 0.5) is 5.82 Å². The molecule has 2 aromatic rings. The highest BCUT2D eigenvalue weighted by molar-refractivity contribution is 6.11. The van der Waals surface area contributed by atoms with Crippen molar-refractivity contribution in [2.24, 2.45) is 5.92 Å². The van der Waals surface area contributed by atoms with E-state index >= 15 is 0 Å². The van der Waals surface area contributed by atoms with Gasteiger partial charge in [-0.2, -0.15) is 0 Å². The molecule has 35 heavy (non-hydrogen) atoms. The summed E-state index contributed by atoms with van der Waals surface area (Å²) in [5.74, 6) is 1.15. The predicted molar refractivity (Wildman–Crippen MR) is 138 cm³/mol. The van der Waals surface area contributed by atoms with Crippen LogP contribution in [0.3, 0.4) is 0 Å². The topological polar surface area (TPSA) is 91.6 Å². The van der Waals surface area contributed by atoms with Gasteiger partial charge in [0.15, 0.2) is 11.9 Å². The number of aryl methyl sites for hydroxylation is 1. The molecule has 1 amide bonds. The number of nitrogens with zero attached hydrogens (tertiary/aromatic N) is 4. The van der Waals surface area contributed by atoms with Crippen molar-refractivity contribution < 1.29 is 9.59 Å². The van der Waals surface area contributed by atoms with Gasteiger partial charge in [0.25, 0.3) is 5.91 Å². The van der Waals surface area contributed by atoms with Gasteiger partial charge in [0.2, 0.25) is 0 Å². The van der Waals surface area contributed by atoms with Crippen molar-refractivity contribution in [3.05, 3.63) is 60.1 Å². The Kier molecular flexibility index (Phi) is 8.34. The molecular weight excluding hydrogens is 440 g/mol. The van der Waals surface area contributed by atoms with Gasteiger partial charge in [0.05, 0.1) is 17.5 Å². The van der Waals surface area contributed by atoms with Crippen molar-refractivity contribution in [1.82, 2.24) is 25.2 Å². The second-order valence-electron chi connectivity index (χ2n) is 9.55. The number of allylic oxidation sites excluding steroid dienone is 3. The maximum Gasteiger partial charge on any atom is 0.254 e. The number of amides is 1. The minimum atomic E-state index is -0.343. The highest BCUT2D eigenvalue weighted by Gasteiger charge is 2.26. The molecule has 3 heterocycles. The summed E-state index contributed by atoms with van der Waals surface area (Å²) < 4.78 is 1.83. The van der Waals surface area contributed by atoms with E-state index in [1.807, 2.05) is 29.6 Å². The first kappa shape index (κ1) is 24.7. The Morgan fingerprint density at radius 3 is 2.83 bits per heavy atom. The zero-order valence-corrected chi connectivity index (χ0v) is 20.6. The molecule has 4 rings (SSSR count). The van der Waals surface area contributed by atoms with Gasteiger partial charge >= 0.3 is 0 Å². The molecule has 1 atom stereocenters. The Hall–Kier alpha value is -3.42. The monoisotopic (exact) mass is 476 g/mol. The first-order chi connectivity index (χ1) is 17.1. The van der Waals surface area contributed by atoms with E-state index in [4.69, 9.17) is 0 Å². The smallest absolute Gasteiger partial charge is 0.254 e. The molecule has 8 heteroatoms. The van der Waals surface area contributed by atoms with E-state index in [1.165, 1.54) is 32.1 Å². The molecular formula is C27H36N6O2. The van der Waals surface area contributed by atoms with E-state index in [1.54, 1.807) is 18.3 Å². The Morgan fingerprint density at radius 1 is 1.23 bits per heavy atom. The SMILES string of the molecule is C=CC/C=C(\C=C(/C=O)C(=O)NC1CCN(c2ccc3ncc(C)n3n2)C1)NCC1CCCCC1. The van der Waals surface area contributed by atoms with Crippen molar-refractivity contribution in [3.63, 3.8) is 0 Å². The summed E-state index contributed by atoms with van der Waals surface area (Å²) >= 11 is 0. The van der Waals surface area contributed by atoms with Gasteiger partial charge in [0, 0.05) is 31.4 Å². The largest absolute Gasteiger partial charge is 0.385 e. The van der Waals surface area contributed by atoms with Crippen LogP contribution in [0.15, 0.2) is 54.4 Å². The fourth-order valence-corrected chi connectivity index (χ4v) is 4.87. The number of carbonyl (C=O) groups excluding carboxylic acids is 2. The molecule has 8 nitrogen and oxygen atoms in total. The standard InChI is InChI=1S/C27H36N6O2/c1-3-4-10-23(28-17-21-8-6-5-7-9-21)15-22(19-34)27(35)30-24-13-14-32(18-24)26-12-11-25-29-16-20(2)33(25)31-26/h3,10-12,15-16,19,21,24,28H,1,4-9,13-14,17-18H2,2H3,(H,30,35)/b22-15+,23-10+. The van der Waals surface area contributed by atoms with Crippen LogP contribution in [0.25, 0.3) is 5.65 Å². The van der Waals surface area contributed by atoms with Gasteiger partial charge in [-0.15, -0.1) is 11.7 Å². The van der Waals surface area contributed by atoms with Gasteiger partial charge in [-0.05, 0) is 56.7 Å². The first-order valence-electron chi connectivity index (χ1n) is 12.7. The molecule has 1 saturated carbocycles. The number of nitrogens with one attached hydrogen (secondary N) is 2. The van der Waals surface area contributed by atoms with Crippen molar-refractivity contribution >= 4 is 23.7 Å². The molecule has 0 radical (unpaired) electrons. The van der Waals surface area contributed by atoms with Crippen LogP contribution in [-0.2, 0) is 9.59 Å². The lowest BCUT2D eigenvalue weighted by molar-refractivity contribution is -0.119. The summed E-state index contributed by atoms with van der Waals surface area (Å²) in [7, 11) is 0. The van der Waals surface area contributed by atoms with Gasteiger partial charge in [-0.1, -0.05) is 31.4 Å². The lowest BCUT2D eigenvalue weighted by atomic mass is 9.89. The number of hydrogen-bond acceptors (Lipinski definition) is 6. The van der Waals surface area contributed by atoms with E-state index < -0.39 is 0 Å². The van der Waals surface area contributed by atoms with E-state index in [-0.39, 0.29) is 17.5 Å². The lowest BCUT2D eigenvalue weighted by Crippen LogP contribution is -2.38. The van der Waals surface area contributed by atoms with E-state index in [0.29, 0.717) is 25.2 Å². The number of aromatic nitrogens is 3. The van der Waals surface area contributed by atoms with Crippen LogP contribution in [0.1, 0.15) is 50.6 Å². The molecule has 2 aliphatic rings. The maximum atomic E-state index is 12.9. The molecule has 0 bridgehead atoms. The van der Waals surface area contributed by atoms with Gasteiger partial charge in [-0.3, -0.25) is 9.59 Å². The first-order valence-corrected chi connectivity index (χ1v) is 12.7. The second kappa shape index (κ2) is 11.8. The number of rotatable bonds is 10. The van der Waals surface area contributed by atoms with Crippen LogP contribution in [0.5, 0.6) is 0 Å². The Bertz CT molecular complexity index is 1110. The molecule has 1 aliphatic heterocycles. The summed E-state index contributed by atoms with van der Waals surface area (Å²) in [6.45, 7) is 8.03. The maximum absolute atomic E-state index is 12.9. The predicted octanol–water partition coefficient (Wildman–Crippen LogP) is 3.49. The van der Waals surface area contributed by atoms with E-state index in [9.17, 15) is 9.59 Å². The number of imidazole rings is 1. The molecule has 1 aliphatic carbocycles. The third-order valence-electron chi connectivity index (χ3n) is 6.89. The van der Waals surface area contributed by atoms with Crippen molar-refractivity contribution in [1.29, 1.82) is 0 Å². The fourth-order valence-electron chi connectivity index (χ4n) is 4.87. The normalized spacial score (nSPS) is 19.7. The van der Waals surface area contributed by atoms with Crippen LogP contribution in [0.2, 0.25) is 0 Å². The third kappa shape index (κ3) is 6.38. The lowest BCUT2D eigenvalue weighted by Gasteiger charge is -2.22. The van der Waals surface area contributed by atoms with Crippen LogP contribution >= 0.6 is 0 Å². The summed E-state index contributed by atoms with van der Waals surface area (Å²) in [6.07, 6.45) is 15.7. The highest BCUT2D eigenvalue weighted by Crippen LogP contribution is 2.23. The molecule has 0 spiro atoms. The Morgan fingerprint density at radius 2 is 2.06 bits per heavy atom. The van der Waals surface area contributed by atoms with Gasteiger partial charge < -0.3 is 15.5 Å². The molecule has 2 fully saturated rings. The molecule has 1 unspecified atom stereocenters. The van der Waals surface area contributed by atoms with Crippen molar-refractivity contribution in [2.45, 2.75) is 57.9 Å². The summed E-state index contributed by atoms with van der Waals surface area (Å²) in [5, 5.41) is 11.2. The molecule has 0 aromatic carbocycles. The Labute approximate surface area is 207 Å². The number of aldehydes is 1. The van der Waals surface area contributed by atoms with Crippen LogP contribution in [-0.4, -0.2) is 52.5 Å². The average molecular weight is 477 g/mol. The third-order valence-corrected chi connectivity index (χ3v) is 6.89. The molecule has 2 aromatic heterocycles. The van der Waals surface area contributed by atoms with Gasteiger partial charge in [-0.25, -0.2) is 9.50 Å². The second-order valence-corrected chi connectivity index (χ2v) is 9.55. The average Bonchev–Trinajstić information content (AvgIpc) is 3.50. The number of carbonyl (C=O) groups is 2. The van der Waals surface area contributed by atoms with Crippen molar-refractivity contribution in [2.75, 3.05) is 24.5 Å². The Balaban J connectivity index is 1.37. The summed E-state index contributed by atoms with van der Waals surface area (Å²) in [4.78, 5) is 31.2. The van der Waals surface area contributed by atoms with Gasteiger partial charge in [0.1, 0.15) is 5.82 Å².